The Morgan fingerprint density at radius 1 is 1.25 bits per heavy atom. The van der Waals surface area contributed by atoms with Crippen molar-refractivity contribution in [2.24, 2.45) is 0 Å². The van der Waals surface area contributed by atoms with E-state index in [2.05, 4.69) is 10.6 Å². The summed E-state index contributed by atoms with van der Waals surface area (Å²) in [6.45, 7) is 1.27. The van der Waals surface area contributed by atoms with Crippen molar-refractivity contribution < 1.29 is 13.6 Å². The molecule has 2 aromatic rings. The Bertz CT molecular complexity index is 769. The molecule has 1 aromatic carbocycles. The summed E-state index contributed by atoms with van der Waals surface area (Å²) in [6.07, 6.45) is 0.703. The number of rotatable bonds is 3. The van der Waals surface area contributed by atoms with Gasteiger partial charge in [-0.3, -0.25) is 4.79 Å². The van der Waals surface area contributed by atoms with Crippen LogP contribution in [0.5, 0.6) is 0 Å². The minimum absolute atomic E-state index is 0.113. The Morgan fingerprint density at radius 3 is 2.71 bits per heavy atom. The molecule has 1 aliphatic heterocycles. The molecule has 0 aliphatic carbocycles. The molecule has 2 unspecified atom stereocenters. The summed E-state index contributed by atoms with van der Waals surface area (Å²) in [5.41, 5.74) is 0.983. The van der Waals surface area contributed by atoms with E-state index in [1.807, 2.05) is 0 Å². The van der Waals surface area contributed by atoms with E-state index in [9.17, 15) is 13.6 Å². The van der Waals surface area contributed by atoms with Crippen LogP contribution in [-0.2, 0) is 0 Å². The van der Waals surface area contributed by atoms with E-state index < -0.39 is 11.6 Å². The Balaban J connectivity index is 1.80. The maximum atomic E-state index is 13.5. The molecule has 2 atom stereocenters. The van der Waals surface area contributed by atoms with E-state index in [4.69, 9.17) is 23.2 Å². The van der Waals surface area contributed by atoms with Gasteiger partial charge >= 0.3 is 0 Å². The minimum atomic E-state index is -0.885. The first-order valence-electron chi connectivity index (χ1n) is 7.37. The lowest BCUT2D eigenvalue weighted by molar-refractivity contribution is 0.0925. The average Bonchev–Trinajstić information content (AvgIpc) is 2.89. The van der Waals surface area contributed by atoms with Crippen LogP contribution >= 0.6 is 34.5 Å². The zero-order chi connectivity index (χ0) is 17.3. The van der Waals surface area contributed by atoms with Crippen molar-refractivity contribution in [1.82, 2.24) is 10.6 Å². The molecule has 2 N–H and O–H groups in total. The van der Waals surface area contributed by atoms with Crippen LogP contribution in [0.1, 0.15) is 28.3 Å². The van der Waals surface area contributed by atoms with E-state index in [1.165, 1.54) is 12.1 Å². The van der Waals surface area contributed by atoms with Gasteiger partial charge in [0.15, 0.2) is 11.6 Å². The highest BCUT2D eigenvalue weighted by Crippen LogP contribution is 2.32. The fourth-order valence-corrected chi connectivity index (χ4v) is 4.35. The number of benzene rings is 1. The molecule has 0 spiro atoms. The summed E-state index contributed by atoms with van der Waals surface area (Å²) in [5, 5.41) is 6.12. The Labute approximate surface area is 152 Å². The quantitative estimate of drug-likeness (QED) is 0.823. The van der Waals surface area contributed by atoms with Crippen LogP contribution in [0.2, 0.25) is 8.67 Å². The molecule has 0 saturated carbocycles. The van der Waals surface area contributed by atoms with Crippen LogP contribution in [0.25, 0.3) is 0 Å². The van der Waals surface area contributed by atoms with Gasteiger partial charge in [0.1, 0.15) is 4.34 Å². The summed E-state index contributed by atoms with van der Waals surface area (Å²) < 4.78 is 27.5. The maximum Gasteiger partial charge on any atom is 0.254 e. The average molecular weight is 391 g/mol. The fraction of sp³-hybridized carbons (Fsp3) is 0.312. The molecule has 8 heteroatoms. The van der Waals surface area contributed by atoms with Gasteiger partial charge in [0.05, 0.1) is 9.90 Å². The Hall–Kier alpha value is -1.21. The van der Waals surface area contributed by atoms with E-state index in [0.717, 1.165) is 23.9 Å². The van der Waals surface area contributed by atoms with Crippen molar-refractivity contribution in [3.05, 3.63) is 55.7 Å². The first-order valence-corrected chi connectivity index (χ1v) is 8.94. The van der Waals surface area contributed by atoms with Gasteiger partial charge in [0, 0.05) is 18.5 Å². The van der Waals surface area contributed by atoms with Gasteiger partial charge in [-0.1, -0.05) is 29.3 Å². The molecule has 3 rings (SSSR count). The predicted octanol–water partition coefficient (Wildman–Crippen LogP) is 4.21. The van der Waals surface area contributed by atoms with Crippen molar-refractivity contribution in [3.63, 3.8) is 0 Å². The molecular formula is C16H14Cl2F2N2OS. The van der Waals surface area contributed by atoms with Gasteiger partial charge in [-0.25, -0.2) is 8.78 Å². The first-order chi connectivity index (χ1) is 11.5. The highest BCUT2D eigenvalue weighted by Gasteiger charge is 2.29. The van der Waals surface area contributed by atoms with Crippen molar-refractivity contribution >= 4 is 40.4 Å². The summed E-state index contributed by atoms with van der Waals surface area (Å²) in [6, 6.07) is 5.13. The van der Waals surface area contributed by atoms with Crippen molar-refractivity contribution in [1.29, 1.82) is 0 Å². The van der Waals surface area contributed by atoms with Crippen LogP contribution in [0.15, 0.2) is 24.3 Å². The lowest BCUT2D eigenvalue weighted by Gasteiger charge is -2.33. The number of hydrogen-bond donors (Lipinski definition) is 2. The predicted molar refractivity (Wildman–Crippen MR) is 92.2 cm³/mol. The lowest BCUT2D eigenvalue weighted by Crippen LogP contribution is -2.50. The first kappa shape index (κ1) is 17.6. The largest absolute Gasteiger partial charge is 0.347 e. The number of carbonyl (C=O) groups is 1. The third-order valence-electron chi connectivity index (χ3n) is 4.07. The Morgan fingerprint density at radius 2 is 2.04 bits per heavy atom. The van der Waals surface area contributed by atoms with Gasteiger partial charge in [0.25, 0.3) is 5.91 Å². The van der Waals surface area contributed by atoms with Crippen LogP contribution in [-0.4, -0.2) is 25.0 Å². The monoisotopic (exact) mass is 390 g/mol. The van der Waals surface area contributed by atoms with Crippen LogP contribution < -0.4 is 10.6 Å². The number of nitrogens with one attached hydrogen (secondary N) is 2. The van der Waals surface area contributed by atoms with Gasteiger partial charge in [-0.15, -0.1) is 11.3 Å². The minimum Gasteiger partial charge on any atom is -0.347 e. The van der Waals surface area contributed by atoms with E-state index in [0.29, 0.717) is 32.8 Å². The second kappa shape index (κ2) is 7.35. The summed E-state index contributed by atoms with van der Waals surface area (Å²) in [5.74, 6) is -2.21. The Kier molecular flexibility index (Phi) is 5.39. The zero-order valence-corrected chi connectivity index (χ0v) is 14.7. The molecule has 0 bridgehead atoms. The van der Waals surface area contributed by atoms with E-state index in [-0.39, 0.29) is 17.9 Å². The SMILES string of the molecule is O=C(NC1CNCCC1c1ccc(F)c(F)c1)c1cc(Cl)sc1Cl. The number of piperidine rings is 1. The highest BCUT2D eigenvalue weighted by atomic mass is 35.5. The molecule has 1 aliphatic rings. The van der Waals surface area contributed by atoms with E-state index >= 15 is 0 Å². The second-order valence-corrected chi connectivity index (χ2v) is 7.88. The second-order valence-electron chi connectivity index (χ2n) is 5.59. The molecule has 0 radical (unpaired) electrons. The van der Waals surface area contributed by atoms with E-state index in [1.54, 1.807) is 6.07 Å². The topological polar surface area (TPSA) is 41.1 Å². The number of hydrogen-bond acceptors (Lipinski definition) is 3. The third kappa shape index (κ3) is 3.72. The van der Waals surface area contributed by atoms with Crippen LogP contribution in [0, 0.1) is 11.6 Å². The molecule has 3 nitrogen and oxygen atoms in total. The summed E-state index contributed by atoms with van der Waals surface area (Å²) in [7, 11) is 0. The zero-order valence-electron chi connectivity index (χ0n) is 12.4. The van der Waals surface area contributed by atoms with Crippen molar-refractivity contribution in [2.75, 3.05) is 13.1 Å². The van der Waals surface area contributed by atoms with Crippen LogP contribution in [0.3, 0.4) is 0 Å². The smallest absolute Gasteiger partial charge is 0.254 e. The molecule has 1 saturated heterocycles. The summed E-state index contributed by atoms with van der Waals surface area (Å²) >= 11 is 13.0. The molecular weight excluding hydrogens is 377 g/mol. The standard InChI is InChI=1S/C16H14Cl2F2N2OS/c17-14-6-10(15(18)24-14)16(23)22-13-7-21-4-3-9(13)8-1-2-11(19)12(20)5-8/h1-2,5-6,9,13,21H,3-4,7H2,(H,22,23). The maximum absolute atomic E-state index is 13.5. The number of thiophene rings is 1. The molecule has 1 aromatic heterocycles. The normalized spacial score (nSPS) is 20.8. The number of carbonyl (C=O) groups excluding carboxylic acids is 1. The number of amides is 1. The molecule has 2 heterocycles. The van der Waals surface area contributed by atoms with Gasteiger partial charge in [-0.2, -0.15) is 0 Å². The molecule has 24 heavy (non-hydrogen) atoms. The molecule has 1 amide bonds. The summed E-state index contributed by atoms with van der Waals surface area (Å²) in [4.78, 5) is 12.4. The number of halogens is 4. The molecule has 1 fully saturated rings. The van der Waals surface area contributed by atoms with Crippen molar-refractivity contribution in [3.8, 4) is 0 Å². The van der Waals surface area contributed by atoms with Crippen molar-refractivity contribution in [2.45, 2.75) is 18.4 Å². The van der Waals surface area contributed by atoms with Gasteiger partial charge < -0.3 is 10.6 Å². The molecule has 128 valence electrons. The fourth-order valence-electron chi connectivity index (χ4n) is 2.89. The van der Waals surface area contributed by atoms with Gasteiger partial charge in [0.2, 0.25) is 0 Å². The lowest BCUT2D eigenvalue weighted by atomic mass is 9.86. The highest BCUT2D eigenvalue weighted by molar-refractivity contribution is 7.20. The third-order valence-corrected chi connectivity index (χ3v) is 5.56. The van der Waals surface area contributed by atoms with Gasteiger partial charge in [-0.05, 0) is 36.7 Å². The van der Waals surface area contributed by atoms with Crippen LogP contribution in [0.4, 0.5) is 8.78 Å².